The average molecular weight is 686 g/mol. The van der Waals surface area contributed by atoms with E-state index in [4.69, 9.17) is 21.3 Å². The first-order valence-corrected chi connectivity index (χ1v) is 16.8. The Morgan fingerprint density at radius 2 is 1.80 bits per heavy atom. The zero-order valence-corrected chi connectivity index (χ0v) is 28.2. The van der Waals surface area contributed by atoms with E-state index >= 15 is 0 Å². The molecule has 1 aliphatic carbocycles. The molecule has 1 amide bonds. The van der Waals surface area contributed by atoms with Gasteiger partial charge in [-0.05, 0) is 95.0 Å². The zero-order valence-electron chi connectivity index (χ0n) is 25.0. The van der Waals surface area contributed by atoms with E-state index in [1.54, 1.807) is 23.5 Å². The Morgan fingerprint density at radius 3 is 2.55 bits per heavy atom. The van der Waals surface area contributed by atoms with Crippen LogP contribution in [0.4, 0.5) is 10.7 Å². The van der Waals surface area contributed by atoms with Gasteiger partial charge >= 0.3 is 0 Å². The first kappa shape index (κ1) is 30.6. The van der Waals surface area contributed by atoms with Crippen LogP contribution in [0.15, 0.2) is 94.4 Å². The number of carbonyl (C=O) groups excluding carboxylic acids is 1. The van der Waals surface area contributed by atoms with Crippen molar-refractivity contribution in [3.63, 3.8) is 0 Å². The molecule has 0 saturated carbocycles. The predicted molar refractivity (Wildman–Crippen MR) is 188 cm³/mol. The minimum Gasteiger partial charge on any atom is -0.488 e. The van der Waals surface area contributed by atoms with Crippen LogP contribution in [0.1, 0.15) is 59.1 Å². The summed E-state index contributed by atoms with van der Waals surface area (Å²) in [7, 11) is 0. The number of fused-ring (bicyclic) bond motifs is 2. The molecule has 5 aromatic rings. The zero-order chi connectivity index (χ0) is 30.8. The summed E-state index contributed by atoms with van der Waals surface area (Å²) in [6.45, 7) is 7.35. The highest BCUT2D eigenvalue weighted by molar-refractivity contribution is 9.10. The number of benzene rings is 4. The van der Waals surface area contributed by atoms with Gasteiger partial charge in [-0.15, -0.1) is 11.3 Å². The van der Waals surface area contributed by atoms with Crippen LogP contribution in [-0.2, 0) is 19.4 Å². The van der Waals surface area contributed by atoms with Crippen LogP contribution in [0.25, 0.3) is 10.8 Å². The molecule has 1 atom stereocenters. The number of thiophene rings is 1. The number of nitrogens with one attached hydrogen (secondary N) is 1. The second-order valence-electron chi connectivity index (χ2n) is 12.3. The lowest BCUT2D eigenvalue weighted by atomic mass is 9.72. The van der Waals surface area contributed by atoms with Crippen LogP contribution in [-0.4, -0.2) is 12.1 Å². The Morgan fingerprint density at radius 1 is 1.05 bits per heavy atom. The van der Waals surface area contributed by atoms with Gasteiger partial charge in [0.25, 0.3) is 5.91 Å². The molecule has 1 N–H and O–H groups in total. The summed E-state index contributed by atoms with van der Waals surface area (Å²) in [6.07, 6.45) is 4.74. The molecule has 1 heterocycles. The van der Waals surface area contributed by atoms with Crippen molar-refractivity contribution in [1.29, 1.82) is 0 Å². The Labute approximate surface area is 276 Å². The van der Waals surface area contributed by atoms with Crippen LogP contribution < -0.4 is 10.1 Å². The monoisotopic (exact) mass is 684 g/mol. The molecule has 0 unspecified atom stereocenters. The minimum atomic E-state index is -0.143. The number of amides is 1. The van der Waals surface area contributed by atoms with Crippen LogP contribution in [0.5, 0.6) is 5.75 Å². The third kappa shape index (κ3) is 6.78. The Kier molecular flexibility index (Phi) is 8.95. The number of hydrogen-bond donors (Lipinski definition) is 1. The second-order valence-corrected chi connectivity index (χ2v) is 14.8. The van der Waals surface area contributed by atoms with Crippen LogP contribution in [0, 0.1) is 11.3 Å². The van der Waals surface area contributed by atoms with Gasteiger partial charge in [0.2, 0.25) is 0 Å². The fourth-order valence-electron chi connectivity index (χ4n) is 5.76. The van der Waals surface area contributed by atoms with E-state index in [1.807, 2.05) is 60.8 Å². The maximum absolute atomic E-state index is 13.9. The van der Waals surface area contributed by atoms with E-state index in [9.17, 15) is 4.79 Å². The van der Waals surface area contributed by atoms with Crippen molar-refractivity contribution >= 4 is 72.5 Å². The molecule has 0 saturated heterocycles. The van der Waals surface area contributed by atoms with E-state index in [0.717, 1.165) is 61.9 Å². The number of halogens is 2. The maximum Gasteiger partial charge on any atom is 0.259 e. The summed E-state index contributed by atoms with van der Waals surface area (Å²) in [6, 6.07) is 27.6. The molecule has 4 aromatic carbocycles. The third-order valence-corrected chi connectivity index (χ3v) is 10.3. The summed E-state index contributed by atoms with van der Waals surface area (Å²) in [4.78, 5) is 20.2. The number of hydrogen-bond acceptors (Lipinski definition) is 4. The number of ether oxygens (including phenoxy) is 1. The van der Waals surface area contributed by atoms with Crippen molar-refractivity contribution in [2.24, 2.45) is 16.3 Å². The van der Waals surface area contributed by atoms with Crippen LogP contribution in [0.3, 0.4) is 0 Å². The largest absolute Gasteiger partial charge is 0.488 e. The maximum atomic E-state index is 13.9. The SMILES string of the molecule is CC(C)(C)[C@@H]1CCc2c(sc(N=Cc3c(OCc4ccc(Br)cc4)ccc4ccccc34)c2C(=O)Nc2ccc(Cl)cc2)C1. The standard InChI is InChI=1S/C37H34BrClN2O2S/c1-37(2,3)25-11-18-30-33(20-25)44-36(34(30)35(42)41-28-16-14-27(39)15-17-28)40-21-31-29-7-5-4-6-24(29)10-19-32(31)43-22-23-8-12-26(38)13-9-23/h4-10,12-17,19,21,25H,11,18,20,22H2,1-3H3,(H,41,42)/t25-/m1/s1. The summed E-state index contributed by atoms with van der Waals surface area (Å²) in [5.41, 5.74) is 4.66. The molecule has 0 fully saturated rings. The molecule has 0 radical (unpaired) electrons. The van der Waals surface area contributed by atoms with Crippen molar-refractivity contribution in [1.82, 2.24) is 0 Å². The topological polar surface area (TPSA) is 50.7 Å². The third-order valence-electron chi connectivity index (χ3n) is 8.35. The lowest BCUT2D eigenvalue weighted by Gasteiger charge is -2.33. The molecule has 1 aliphatic rings. The van der Waals surface area contributed by atoms with Crippen molar-refractivity contribution in [2.45, 2.75) is 46.6 Å². The molecule has 6 rings (SSSR count). The summed E-state index contributed by atoms with van der Waals surface area (Å²) in [5, 5.41) is 6.59. The van der Waals surface area contributed by atoms with Gasteiger partial charge in [0.05, 0.1) is 5.56 Å². The van der Waals surface area contributed by atoms with Gasteiger partial charge in [-0.3, -0.25) is 4.79 Å². The number of anilines is 1. The van der Waals surface area contributed by atoms with Crippen molar-refractivity contribution in [3.8, 4) is 5.75 Å². The highest BCUT2D eigenvalue weighted by Crippen LogP contribution is 2.45. The van der Waals surface area contributed by atoms with Gasteiger partial charge in [-0.25, -0.2) is 4.99 Å². The molecule has 44 heavy (non-hydrogen) atoms. The molecule has 0 aliphatic heterocycles. The van der Waals surface area contributed by atoms with Crippen molar-refractivity contribution in [2.75, 3.05) is 5.32 Å². The van der Waals surface area contributed by atoms with E-state index in [-0.39, 0.29) is 11.3 Å². The normalized spacial score (nSPS) is 15.0. The van der Waals surface area contributed by atoms with Gasteiger partial charge < -0.3 is 10.1 Å². The fourth-order valence-corrected chi connectivity index (χ4v) is 7.42. The van der Waals surface area contributed by atoms with Gasteiger partial charge in [-0.1, -0.05) is 90.8 Å². The highest BCUT2D eigenvalue weighted by Gasteiger charge is 2.33. The molecular weight excluding hydrogens is 652 g/mol. The molecule has 7 heteroatoms. The van der Waals surface area contributed by atoms with Gasteiger partial charge in [0.15, 0.2) is 0 Å². The van der Waals surface area contributed by atoms with E-state index in [0.29, 0.717) is 28.8 Å². The van der Waals surface area contributed by atoms with Gasteiger partial charge in [-0.2, -0.15) is 0 Å². The molecule has 1 aromatic heterocycles. The number of aliphatic imine (C=N–C) groups is 1. The summed E-state index contributed by atoms with van der Waals surface area (Å²) >= 11 is 11.2. The fraction of sp³-hybridized carbons (Fsp3) is 0.243. The Bertz CT molecular complexity index is 1840. The molecule has 0 bridgehead atoms. The van der Waals surface area contributed by atoms with E-state index in [2.05, 4.69) is 60.2 Å². The lowest BCUT2D eigenvalue weighted by Crippen LogP contribution is -2.27. The molecule has 224 valence electrons. The Balaban J connectivity index is 1.39. The molecular formula is C37H34BrClN2O2S. The van der Waals surface area contributed by atoms with E-state index in [1.165, 1.54) is 4.88 Å². The number of nitrogens with zero attached hydrogens (tertiary/aromatic N) is 1. The first-order chi connectivity index (χ1) is 21.2. The lowest BCUT2D eigenvalue weighted by molar-refractivity contribution is 0.102. The predicted octanol–water partition coefficient (Wildman–Crippen LogP) is 11.1. The number of carbonyl (C=O) groups is 1. The molecule has 0 spiro atoms. The smallest absolute Gasteiger partial charge is 0.259 e. The molecule has 4 nitrogen and oxygen atoms in total. The average Bonchev–Trinajstić information content (AvgIpc) is 3.38. The van der Waals surface area contributed by atoms with Gasteiger partial charge in [0.1, 0.15) is 17.4 Å². The summed E-state index contributed by atoms with van der Waals surface area (Å²) < 4.78 is 7.40. The second kappa shape index (κ2) is 12.9. The number of rotatable bonds is 7. The Hall–Kier alpha value is -3.45. The summed E-state index contributed by atoms with van der Waals surface area (Å²) in [5.74, 6) is 1.15. The first-order valence-electron chi connectivity index (χ1n) is 14.8. The van der Waals surface area contributed by atoms with Crippen molar-refractivity contribution < 1.29 is 9.53 Å². The van der Waals surface area contributed by atoms with E-state index < -0.39 is 0 Å². The van der Waals surface area contributed by atoms with Crippen LogP contribution in [0.2, 0.25) is 5.02 Å². The van der Waals surface area contributed by atoms with Crippen molar-refractivity contribution in [3.05, 3.63) is 122 Å². The highest BCUT2D eigenvalue weighted by atomic mass is 79.9. The quantitative estimate of drug-likeness (QED) is 0.173. The minimum absolute atomic E-state index is 0.143. The van der Waals surface area contributed by atoms with Gasteiger partial charge in [0, 0.05) is 31.8 Å². The van der Waals surface area contributed by atoms with Crippen LogP contribution >= 0.6 is 38.9 Å².